The highest BCUT2D eigenvalue weighted by molar-refractivity contribution is 6.06. The summed E-state index contributed by atoms with van der Waals surface area (Å²) in [5, 5.41) is 0.958. The Labute approximate surface area is 170 Å². The molecular formula is C24H25N3O2. The van der Waals surface area contributed by atoms with Gasteiger partial charge < -0.3 is 14.5 Å². The lowest BCUT2D eigenvalue weighted by molar-refractivity contribution is 0.0748. The highest BCUT2D eigenvalue weighted by Gasteiger charge is 2.29. The third-order valence-corrected chi connectivity index (χ3v) is 5.97. The zero-order chi connectivity index (χ0) is 19.8. The summed E-state index contributed by atoms with van der Waals surface area (Å²) in [5.41, 5.74) is 3.97. The smallest absolute Gasteiger partial charge is 0.254 e. The number of fused-ring (bicyclic) bond motifs is 1. The number of carbonyl (C=O) groups is 1. The summed E-state index contributed by atoms with van der Waals surface area (Å²) in [4.78, 5) is 22.5. The summed E-state index contributed by atoms with van der Waals surface area (Å²) in [6, 6.07) is 18.2. The molecule has 1 saturated heterocycles. The van der Waals surface area contributed by atoms with Gasteiger partial charge in [-0.3, -0.25) is 9.78 Å². The first-order chi connectivity index (χ1) is 14.2. The number of hydrogen-bond donors (Lipinski definition) is 0. The molecule has 1 amide bonds. The summed E-state index contributed by atoms with van der Waals surface area (Å²) in [6.07, 6.45) is 2.36. The van der Waals surface area contributed by atoms with Crippen LogP contribution in [0, 0.1) is 0 Å². The summed E-state index contributed by atoms with van der Waals surface area (Å²) < 4.78 is 5.24. The van der Waals surface area contributed by atoms with Crippen LogP contribution in [0.2, 0.25) is 0 Å². The minimum Gasteiger partial charge on any atom is -0.497 e. The molecule has 5 rings (SSSR count). The molecule has 148 valence electrons. The van der Waals surface area contributed by atoms with E-state index >= 15 is 0 Å². The highest BCUT2D eigenvalue weighted by Crippen LogP contribution is 2.40. The molecule has 29 heavy (non-hydrogen) atoms. The molecule has 1 aromatic heterocycles. The van der Waals surface area contributed by atoms with Crippen molar-refractivity contribution in [2.75, 3.05) is 38.2 Å². The van der Waals surface area contributed by atoms with Crippen molar-refractivity contribution >= 4 is 22.5 Å². The Hall–Kier alpha value is -3.08. The lowest BCUT2D eigenvalue weighted by Gasteiger charge is -2.36. The number of hydrogen-bond acceptors (Lipinski definition) is 4. The average molecular weight is 387 g/mol. The number of amides is 1. The number of carbonyl (C=O) groups excluding carboxylic acids is 1. The number of benzene rings is 2. The number of anilines is 1. The van der Waals surface area contributed by atoms with Crippen molar-refractivity contribution in [2.45, 2.75) is 18.8 Å². The van der Waals surface area contributed by atoms with E-state index in [4.69, 9.17) is 9.72 Å². The van der Waals surface area contributed by atoms with Crippen molar-refractivity contribution < 1.29 is 9.53 Å². The van der Waals surface area contributed by atoms with Gasteiger partial charge in [0.25, 0.3) is 5.91 Å². The van der Waals surface area contributed by atoms with E-state index in [0.29, 0.717) is 5.92 Å². The lowest BCUT2D eigenvalue weighted by atomic mass is 10.0. The molecule has 1 saturated carbocycles. The summed E-state index contributed by atoms with van der Waals surface area (Å²) in [6.45, 7) is 3.10. The molecule has 3 aromatic rings. The van der Waals surface area contributed by atoms with E-state index in [1.807, 2.05) is 47.4 Å². The lowest BCUT2D eigenvalue weighted by Crippen LogP contribution is -2.48. The van der Waals surface area contributed by atoms with Crippen LogP contribution in [-0.4, -0.2) is 49.1 Å². The van der Waals surface area contributed by atoms with Crippen LogP contribution < -0.4 is 9.64 Å². The highest BCUT2D eigenvalue weighted by atomic mass is 16.5. The van der Waals surface area contributed by atoms with Gasteiger partial charge in [-0.25, -0.2) is 0 Å². The van der Waals surface area contributed by atoms with Gasteiger partial charge in [-0.15, -0.1) is 0 Å². The number of methoxy groups -OCH3 is 1. The molecule has 0 spiro atoms. The van der Waals surface area contributed by atoms with Crippen LogP contribution in [0.5, 0.6) is 5.75 Å². The second-order valence-electron chi connectivity index (χ2n) is 7.86. The molecule has 0 atom stereocenters. The van der Waals surface area contributed by atoms with E-state index in [0.717, 1.165) is 54.1 Å². The minimum atomic E-state index is 0.125. The standard InChI is InChI=1S/C24H25N3O2/c1-29-19-10-8-18(9-11-19)26-12-14-27(15-13-26)24(28)21-16-23(17-6-7-17)25-22-5-3-2-4-20(21)22/h2-5,8-11,16-17H,6-7,12-15H2,1H3. The summed E-state index contributed by atoms with van der Waals surface area (Å²) in [7, 11) is 1.68. The van der Waals surface area contributed by atoms with E-state index in [1.54, 1.807) is 7.11 Å². The van der Waals surface area contributed by atoms with Gasteiger partial charge in [0.2, 0.25) is 0 Å². The second kappa shape index (κ2) is 7.39. The molecule has 2 aromatic carbocycles. The molecule has 5 nitrogen and oxygen atoms in total. The van der Waals surface area contributed by atoms with Crippen molar-refractivity contribution in [1.82, 2.24) is 9.88 Å². The molecule has 0 bridgehead atoms. The molecule has 1 aliphatic heterocycles. The fourth-order valence-electron chi connectivity index (χ4n) is 4.09. The number of rotatable bonds is 4. The van der Waals surface area contributed by atoms with Crippen LogP contribution in [0.1, 0.15) is 34.8 Å². The van der Waals surface area contributed by atoms with E-state index in [2.05, 4.69) is 17.0 Å². The van der Waals surface area contributed by atoms with E-state index in [1.165, 1.54) is 18.5 Å². The van der Waals surface area contributed by atoms with Crippen LogP contribution in [0.3, 0.4) is 0 Å². The molecule has 0 radical (unpaired) electrons. The summed E-state index contributed by atoms with van der Waals surface area (Å²) >= 11 is 0. The van der Waals surface area contributed by atoms with Crippen LogP contribution in [0.4, 0.5) is 5.69 Å². The van der Waals surface area contributed by atoms with Gasteiger partial charge in [0, 0.05) is 48.9 Å². The second-order valence-corrected chi connectivity index (χ2v) is 7.86. The van der Waals surface area contributed by atoms with Crippen molar-refractivity contribution in [3.05, 3.63) is 65.9 Å². The Morgan fingerprint density at radius 1 is 1.00 bits per heavy atom. The van der Waals surface area contributed by atoms with Crippen molar-refractivity contribution in [3.63, 3.8) is 0 Å². The maximum atomic E-state index is 13.4. The van der Waals surface area contributed by atoms with Gasteiger partial charge in [-0.1, -0.05) is 18.2 Å². The molecule has 0 N–H and O–H groups in total. The summed E-state index contributed by atoms with van der Waals surface area (Å²) in [5.74, 6) is 1.51. The van der Waals surface area contributed by atoms with Crippen LogP contribution in [-0.2, 0) is 0 Å². The van der Waals surface area contributed by atoms with Gasteiger partial charge in [0.05, 0.1) is 18.2 Å². The Morgan fingerprint density at radius 3 is 2.41 bits per heavy atom. The predicted octanol–water partition coefficient (Wildman–Crippen LogP) is 4.08. The molecular weight excluding hydrogens is 362 g/mol. The quantitative estimate of drug-likeness (QED) is 0.677. The molecule has 0 unspecified atom stereocenters. The van der Waals surface area contributed by atoms with Gasteiger partial charge in [0.1, 0.15) is 5.75 Å². The van der Waals surface area contributed by atoms with Crippen molar-refractivity contribution in [1.29, 1.82) is 0 Å². The van der Waals surface area contributed by atoms with E-state index in [9.17, 15) is 4.79 Å². The van der Waals surface area contributed by atoms with E-state index < -0.39 is 0 Å². The Bertz CT molecular complexity index is 1040. The van der Waals surface area contributed by atoms with Crippen molar-refractivity contribution in [3.8, 4) is 5.75 Å². The molecule has 2 heterocycles. The zero-order valence-corrected chi connectivity index (χ0v) is 16.7. The molecule has 2 fully saturated rings. The fraction of sp³-hybridized carbons (Fsp3) is 0.333. The van der Waals surface area contributed by atoms with Crippen molar-refractivity contribution in [2.24, 2.45) is 0 Å². The maximum absolute atomic E-state index is 13.4. The fourth-order valence-corrected chi connectivity index (χ4v) is 4.09. The third-order valence-electron chi connectivity index (χ3n) is 5.97. The first kappa shape index (κ1) is 18.0. The van der Waals surface area contributed by atoms with Gasteiger partial charge in [-0.05, 0) is 49.2 Å². The normalized spacial score (nSPS) is 16.9. The number of para-hydroxylation sites is 1. The number of ether oxygens (including phenoxy) is 1. The Morgan fingerprint density at radius 2 is 1.72 bits per heavy atom. The topological polar surface area (TPSA) is 45.7 Å². The van der Waals surface area contributed by atoms with Crippen LogP contribution in [0.25, 0.3) is 10.9 Å². The largest absolute Gasteiger partial charge is 0.497 e. The third kappa shape index (κ3) is 3.53. The van der Waals surface area contributed by atoms with Gasteiger partial charge >= 0.3 is 0 Å². The number of pyridine rings is 1. The Balaban J connectivity index is 1.35. The maximum Gasteiger partial charge on any atom is 0.254 e. The number of nitrogens with zero attached hydrogens (tertiary/aromatic N) is 3. The van der Waals surface area contributed by atoms with Gasteiger partial charge in [-0.2, -0.15) is 0 Å². The van der Waals surface area contributed by atoms with Crippen LogP contribution in [0.15, 0.2) is 54.6 Å². The first-order valence-corrected chi connectivity index (χ1v) is 10.3. The predicted molar refractivity (Wildman–Crippen MR) is 115 cm³/mol. The average Bonchev–Trinajstić information content (AvgIpc) is 3.64. The monoisotopic (exact) mass is 387 g/mol. The van der Waals surface area contributed by atoms with Crippen LogP contribution >= 0.6 is 0 Å². The Kier molecular flexibility index (Phi) is 4.58. The molecule has 5 heteroatoms. The zero-order valence-electron chi connectivity index (χ0n) is 16.7. The number of aromatic nitrogens is 1. The van der Waals surface area contributed by atoms with E-state index in [-0.39, 0.29) is 5.91 Å². The van der Waals surface area contributed by atoms with Gasteiger partial charge in [0.15, 0.2) is 0 Å². The SMILES string of the molecule is COc1ccc(N2CCN(C(=O)c3cc(C4CC4)nc4ccccc34)CC2)cc1. The first-order valence-electron chi connectivity index (χ1n) is 10.3. The number of piperazine rings is 1. The molecule has 2 aliphatic rings. The minimum absolute atomic E-state index is 0.125. The molecule has 1 aliphatic carbocycles.